The molecule has 130 valence electrons. The van der Waals surface area contributed by atoms with Gasteiger partial charge in [-0.05, 0) is 61.4 Å². The van der Waals surface area contributed by atoms with Crippen LogP contribution < -0.4 is 15.0 Å². The number of halogens is 1. The van der Waals surface area contributed by atoms with Crippen molar-refractivity contribution in [2.75, 3.05) is 23.4 Å². The predicted molar refractivity (Wildman–Crippen MR) is 93.2 cm³/mol. The van der Waals surface area contributed by atoms with Crippen LogP contribution in [0.4, 0.5) is 15.8 Å². The molecule has 1 fully saturated rings. The van der Waals surface area contributed by atoms with E-state index in [1.54, 1.807) is 17.0 Å². The lowest BCUT2D eigenvalue weighted by molar-refractivity contribution is -0.119. The zero-order valence-corrected chi connectivity index (χ0v) is 13.7. The zero-order chi connectivity index (χ0) is 17.6. The molecular formula is C19H19FN2O3. The summed E-state index contributed by atoms with van der Waals surface area (Å²) in [6.07, 6.45) is 2.53. The van der Waals surface area contributed by atoms with E-state index in [0.29, 0.717) is 17.9 Å². The molecule has 1 aliphatic heterocycles. The van der Waals surface area contributed by atoms with Crippen molar-refractivity contribution in [3.05, 3.63) is 54.3 Å². The lowest BCUT2D eigenvalue weighted by atomic mass is 10.1. The number of ether oxygens (including phenoxy) is 1. The van der Waals surface area contributed by atoms with Crippen LogP contribution in [0.2, 0.25) is 0 Å². The van der Waals surface area contributed by atoms with Gasteiger partial charge in [-0.2, -0.15) is 0 Å². The van der Waals surface area contributed by atoms with Crippen molar-refractivity contribution in [3.63, 3.8) is 0 Å². The molecule has 1 N–H and O–H groups in total. The summed E-state index contributed by atoms with van der Waals surface area (Å²) < 4.78 is 18.1. The Balaban J connectivity index is 1.53. The van der Waals surface area contributed by atoms with Crippen molar-refractivity contribution >= 4 is 23.2 Å². The molecule has 2 aromatic carbocycles. The Morgan fingerprint density at radius 1 is 1.08 bits per heavy atom. The highest BCUT2D eigenvalue weighted by Crippen LogP contribution is 2.22. The number of hydrogen-bond acceptors (Lipinski definition) is 3. The van der Waals surface area contributed by atoms with E-state index < -0.39 is 0 Å². The maximum atomic E-state index is 12.8. The van der Waals surface area contributed by atoms with Crippen LogP contribution in [-0.2, 0) is 9.59 Å². The first-order valence-corrected chi connectivity index (χ1v) is 8.20. The largest absolute Gasteiger partial charge is 0.484 e. The fourth-order valence-electron chi connectivity index (χ4n) is 2.68. The number of carbonyl (C=O) groups excluding carboxylic acids is 2. The van der Waals surface area contributed by atoms with Crippen molar-refractivity contribution in [3.8, 4) is 5.75 Å². The van der Waals surface area contributed by atoms with Gasteiger partial charge in [-0.15, -0.1) is 0 Å². The van der Waals surface area contributed by atoms with Gasteiger partial charge < -0.3 is 15.0 Å². The zero-order valence-electron chi connectivity index (χ0n) is 13.7. The molecule has 0 aliphatic carbocycles. The third kappa shape index (κ3) is 4.56. The summed E-state index contributed by atoms with van der Waals surface area (Å²) in [6.45, 7) is 0.564. The average molecular weight is 342 g/mol. The van der Waals surface area contributed by atoms with E-state index in [2.05, 4.69) is 5.32 Å². The Kier molecular flexibility index (Phi) is 5.28. The first kappa shape index (κ1) is 17.0. The molecule has 2 amide bonds. The summed E-state index contributed by atoms with van der Waals surface area (Å²) >= 11 is 0. The molecule has 0 aromatic heterocycles. The van der Waals surface area contributed by atoms with Crippen molar-refractivity contribution in [1.29, 1.82) is 0 Å². The molecule has 1 aliphatic rings. The quantitative estimate of drug-likeness (QED) is 0.906. The van der Waals surface area contributed by atoms with Gasteiger partial charge in [0.15, 0.2) is 6.61 Å². The second kappa shape index (κ2) is 7.79. The van der Waals surface area contributed by atoms with E-state index in [0.717, 1.165) is 25.1 Å². The summed E-state index contributed by atoms with van der Waals surface area (Å²) in [7, 11) is 0. The maximum absolute atomic E-state index is 12.8. The molecule has 3 rings (SSSR count). The van der Waals surface area contributed by atoms with Gasteiger partial charge in [-0.1, -0.05) is 0 Å². The Morgan fingerprint density at radius 3 is 2.48 bits per heavy atom. The molecule has 1 heterocycles. The summed E-state index contributed by atoms with van der Waals surface area (Å²) in [6, 6.07) is 12.6. The van der Waals surface area contributed by atoms with Gasteiger partial charge in [0.05, 0.1) is 0 Å². The van der Waals surface area contributed by atoms with Crippen LogP contribution in [0, 0.1) is 5.82 Å². The molecule has 6 heteroatoms. The Morgan fingerprint density at radius 2 is 1.80 bits per heavy atom. The van der Waals surface area contributed by atoms with E-state index >= 15 is 0 Å². The third-order valence-electron chi connectivity index (χ3n) is 3.97. The lowest BCUT2D eigenvalue weighted by Gasteiger charge is -2.26. The Hall–Kier alpha value is -2.89. The third-order valence-corrected chi connectivity index (χ3v) is 3.97. The summed E-state index contributed by atoms with van der Waals surface area (Å²) in [5.41, 5.74) is 1.46. The fourth-order valence-corrected chi connectivity index (χ4v) is 2.68. The molecule has 2 aromatic rings. The molecule has 0 spiro atoms. The Labute approximate surface area is 145 Å². The van der Waals surface area contributed by atoms with Crippen molar-refractivity contribution in [2.45, 2.75) is 19.3 Å². The predicted octanol–water partition coefficient (Wildman–Crippen LogP) is 3.36. The van der Waals surface area contributed by atoms with Crippen LogP contribution in [0.15, 0.2) is 48.5 Å². The van der Waals surface area contributed by atoms with E-state index in [-0.39, 0.29) is 24.2 Å². The minimum atomic E-state index is -0.357. The highest BCUT2D eigenvalue weighted by atomic mass is 19.1. The van der Waals surface area contributed by atoms with Crippen LogP contribution in [0.1, 0.15) is 19.3 Å². The minimum absolute atomic E-state index is 0.135. The van der Waals surface area contributed by atoms with Crippen LogP contribution in [-0.4, -0.2) is 25.0 Å². The number of piperidine rings is 1. The molecule has 25 heavy (non-hydrogen) atoms. The molecule has 0 atom stereocenters. The van der Waals surface area contributed by atoms with Gasteiger partial charge in [-0.25, -0.2) is 4.39 Å². The lowest BCUT2D eigenvalue weighted by Crippen LogP contribution is -2.35. The number of rotatable bonds is 5. The maximum Gasteiger partial charge on any atom is 0.262 e. The van der Waals surface area contributed by atoms with E-state index in [4.69, 9.17) is 4.74 Å². The monoisotopic (exact) mass is 342 g/mol. The van der Waals surface area contributed by atoms with Gasteiger partial charge in [0.2, 0.25) is 5.91 Å². The molecule has 0 unspecified atom stereocenters. The van der Waals surface area contributed by atoms with Gasteiger partial charge in [0.25, 0.3) is 5.91 Å². The second-order valence-corrected chi connectivity index (χ2v) is 5.84. The van der Waals surface area contributed by atoms with Gasteiger partial charge in [0.1, 0.15) is 11.6 Å². The van der Waals surface area contributed by atoms with E-state index in [9.17, 15) is 14.0 Å². The average Bonchev–Trinajstić information content (AvgIpc) is 2.62. The number of amides is 2. The number of nitrogens with one attached hydrogen (secondary N) is 1. The highest BCUT2D eigenvalue weighted by Gasteiger charge is 2.19. The minimum Gasteiger partial charge on any atom is -0.484 e. The SMILES string of the molecule is O=C(COc1ccc(F)cc1)Nc1ccc(N2CCCCC2=O)cc1. The fraction of sp³-hybridized carbons (Fsp3) is 0.263. The topological polar surface area (TPSA) is 58.6 Å². The number of carbonyl (C=O) groups is 2. The van der Waals surface area contributed by atoms with E-state index in [1.807, 2.05) is 12.1 Å². The van der Waals surface area contributed by atoms with Crippen LogP contribution in [0.3, 0.4) is 0 Å². The summed E-state index contributed by atoms with van der Waals surface area (Å²) in [5.74, 6) is -0.110. The number of hydrogen-bond donors (Lipinski definition) is 1. The number of benzene rings is 2. The van der Waals surface area contributed by atoms with Crippen LogP contribution >= 0.6 is 0 Å². The van der Waals surface area contributed by atoms with Crippen LogP contribution in [0.5, 0.6) is 5.75 Å². The van der Waals surface area contributed by atoms with E-state index in [1.165, 1.54) is 24.3 Å². The van der Waals surface area contributed by atoms with Gasteiger partial charge in [-0.3, -0.25) is 9.59 Å². The summed E-state index contributed by atoms with van der Waals surface area (Å²) in [4.78, 5) is 25.6. The molecular weight excluding hydrogens is 323 g/mol. The van der Waals surface area contributed by atoms with Crippen molar-refractivity contribution in [1.82, 2.24) is 0 Å². The highest BCUT2D eigenvalue weighted by molar-refractivity contribution is 5.95. The Bertz CT molecular complexity index is 744. The smallest absolute Gasteiger partial charge is 0.262 e. The molecule has 0 saturated carbocycles. The standard InChI is InChI=1S/C19H19FN2O3/c20-14-4-10-17(11-5-14)25-13-18(23)21-15-6-8-16(9-7-15)22-12-2-1-3-19(22)24/h4-11H,1-3,12-13H2,(H,21,23). The number of anilines is 2. The molecule has 0 radical (unpaired) electrons. The first-order valence-electron chi connectivity index (χ1n) is 8.20. The first-order chi connectivity index (χ1) is 12.1. The van der Waals surface area contributed by atoms with Crippen molar-refractivity contribution in [2.24, 2.45) is 0 Å². The molecule has 0 bridgehead atoms. The number of nitrogens with zero attached hydrogens (tertiary/aromatic N) is 1. The van der Waals surface area contributed by atoms with Gasteiger partial charge in [0, 0.05) is 24.3 Å². The van der Waals surface area contributed by atoms with Crippen LogP contribution in [0.25, 0.3) is 0 Å². The van der Waals surface area contributed by atoms with Crippen molar-refractivity contribution < 1.29 is 18.7 Å². The molecule has 1 saturated heterocycles. The normalized spacial score (nSPS) is 14.3. The molecule has 5 nitrogen and oxygen atoms in total. The summed E-state index contributed by atoms with van der Waals surface area (Å²) in [5, 5.41) is 2.72. The second-order valence-electron chi connectivity index (χ2n) is 5.84. The van der Waals surface area contributed by atoms with Gasteiger partial charge >= 0.3 is 0 Å².